The van der Waals surface area contributed by atoms with Crippen LogP contribution in [-0.4, -0.2) is 9.13 Å². The molecule has 25 rings (SSSR count). The average molecular weight is 1440 g/mol. The lowest BCUT2D eigenvalue weighted by molar-refractivity contribution is 1.18. The topological polar surface area (TPSA) is 9.86 Å². The van der Waals surface area contributed by atoms with Crippen LogP contribution >= 0.6 is 0 Å². The molecule has 0 atom stereocenters. The Balaban J connectivity index is 0.623. The van der Waals surface area contributed by atoms with E-state index in [9.17, 15) is 0 Å². The van der Waals surface area contributed by atoms with Gasteiger partial charge in [-0.3, -0.25) is 0 Å². The number of fused-ring (bicyclic) bond motifs is 23. The minimum Gasteiger partial charge on any atom is -0.309 e. The second kappa shape index (κ2) is 24.3. The minimum atomic E-state index is 1.11. The van der Waals surface area contributed by atoms with E-state index in [4.69, 9.17) is 0 Å². The predicted octanol–water partition coefficient (Wildman–Crippen LogP) is 30.9. The van der Waals surface area contributed by atoms with E-state index < -0.39 is 0 Å². The van der Waals surface area contributed by atoms with Crippen molar-refractivity contribution in [2.45, 2.75) is 0 Å². The maximum atomic E-state index is 2.50. The minimum absolute atomic E-state index is 1.11. The molecule has 23 aromatic rings. The molecule has 0 fully saturated rings. The first-order valence-corrected chi connectivity index (χ1v) is 39.7. The fourth-order valence-corrected chi connectivity index (χ4v) is 20.4. The molecule has 2 aromatic heterocycles. The largest absolute Gasteiger partial charge is 0.309 e. The van der Waals surface area contributed by atoms with Crippen LogP contribution in [-0.2, 0) is 0 Å². The van der Waals surface area contributed by atoms with Crippen molar-refractivity contribution in [2.75, 3.05) is 0 Å². The molecule has 2 aliphatic rings. The van der Waals surface area contributed by atoms with E-state index in [1.807, 2.05) is 0 Å². The second-order valence-corrected chi connectivity index (χ2v) is 31.2. The van der Waals surface area contributed by atoms with Crippen molar-refractivity contribution in [3.63, 3.8) is 0 Å². The van der Waals surface area contributed by atoms with E-state index in [0.29, 0.717) is 0 Å². The lowest BCUT2D eigenvalue weighted by Gasteiger charge is -2.16. The molecule has 0 unspecified atom stereocenters. The summed E-state index contributed by atoms with van der Waals surface area (Å²) in [5, 5.41) is 22.8. The van der Waals surface area contributed by atoms with Crippen LogP contribution in [0.25, 0.3) is 253 Å². The predicted molar refractivity (Wildman–Crippen MR) is 485 cm³/mol. The van der Waals surface area contributed by atoms with Crippen molar-refractivity contribution in [2.24, 2.45) is 0 Å². The zero-order chi connectivity index (χ0) is 74.4. The van der Waals surface area contributed by atoms with Gasteiger partial charge in [-0.25, -0.2) is 0 Å². The lowest BCUT2D eigenvalue weighted by Crippen LogP contribution is -1.95. The Morgan fingerprint density at radius 3 is 1.04 bits per heavy atom. The molecule has 0 saturated carbocycles. The average Bonchev–Trinajstić information content (AvgIpc) is 1.54. The third kappa shape index (κ3) is 9.19. The van der Waals surface area contributed by atoms with Gasteiger partial charge in [0.2, 0.25) is 0 Å². The fraction of sp³-hybridized carbons (Fsp3) is 0. The molecular weight excluding hydrogens is 1370 g/mol. The van der Waals surface area contributed by atoms with Crippen LogP contribution < -0.4 is 0 Å². The monoisotopic (exact) mass is 1440 g/mol. The highest BCUT2D eigenvalue weighted by molar-refractivity contribution is 6.33. The molecule has 0 radical (unpaired) electrons. The third-order valence-electron chi connectivity index (χ3n) is 25.3. The van der Waals surface area contributed by atoms with Crippen molar-refractivity contribution >= 4 is 119 Å². The summed E-state index contributed by atoms with van der Waals surface area (Å²) in [5.41, 5.74) is 34.1. The summed E-state index contributed by atoms with van der Waals surface area (Å²) in [6, 6.07) is 151. The van der Waals surface area contributed by atoms with Crippen LogP contribution in [0.1, 0.15) is 0 Å². The summed E-state index contributed by atoms with van der Waals surface area (Å²) in [5.74, 6) is 0. The van der Waals surface area contributed by atoms with Gasteiger partial charge in [-0.1, -0.05) is 315 Å². The Labute approximate surface area is 657 Å². The molecular formula is C112H66N2. The van der Waals surface area contributed by atoms with Gasteiger partial charge in [0.05, 0.1) is 22.1 Å². The summed E-state index contributed by atoms with van der Waals surface area (Å²) in [7, 11) is 0. The number of para-hydroxylation sites is 3. The molecule has 0 saturated heterocycles. The summed E-state index contributed by atoms with van der Waals surface area (Å²) < 4.78 is 4.94. The third-order valence-corrected chi connectivity index (χ3v) is 25.3. The smallest absolute Gasteiger partial charge is 0.0547 e. The molecule has 524 valence electrons. The Kier molecular flexibility index (Phi) is 13.4. The van der Waals surface area contributed by atoms with Crippen molar-refractivity contribution in [1.82, 2.24) is 9.13 Å². The number of benzene rings is 21. The molecule has 2 heteroatoms. The SMILES string of the molecule is c1ccc(-c2ccc3c(-c4cccc(-c5ccc6c7c(cccc57)-c5c-6c6ccc(-c7cccc(-n8c9ccccc9c9ccc(-c%10cc(-c%11ccc%12c%13ccccc%13n(-c%13ccccc%13)c%12c%11)cc(-c%11ccc%12c%13c(cccc%11%13)-c%11c-%12c%12ccccc%12c%12ccccc%11%12)c%10)cc98)c7)cc6c6ccccc56)c4)cccc3c2)cc1. The molecule has 0 spiro atoms. The summed E-state index contributed by atoms with van der Waals surface area (Å²) in [6.45, 7) is 0. The highest BCUT2D eigenvalue weighted by Gasteiger charge is 2.31. The molecule has 0 amide bonds. The molecule has 2 nitrogen and oxygen atoms in total. The molecule has 2 heterocycles. The maximum Gasteiger partial charge on any atom is 0.0547 e. The number of hydrogen-bond donors (Lipinski definition) is 0. The summed E-state index contributed by atoms with van der Waals surface area (Å²) >= 11 is 0. The Bertz CT molecular complexity index is 8080. The number of nitrogens with zero attached hydrogens (tertiary/aromatic N) is 2. The van der Waals surface area contributed by atoms with Crippen LogP contribution in [0, 0.1) is 0 Å². The fourth-order valence-electron chi connectivity index (χ4n) is 20.4. The van der Waals surface area contributed by atoms with Crippen LogP contribution in [0.2, 0.25) is 0 Å². The van der Waals surface area contributed by atoms with Crippen LogP contribution in [0.5, 0.6) is 0 Å². The van der Waals surface area contributed by atoms with Crippen molar-refractivity contribution in [3.8, 4) is 134 Å². The molecule has 114 heavy (non-hydrogen) atoms. The van der Waals surface area contributed by atoms with Crippen molar-refractivity contribution in [1.29, 1.82) is 0 Å². The van der Waals surface area contributed by atoms with Crippen molar-refractivity contribution < 1.29 is 0 Å². The summed E-state index contributed by atoms with van der Waals surface area (Å²) in [6.07, 6.45) is 0. The van der Waals surface area contributed by atoms with Crippen LogP contribution in [0.3, 0.4) is 0 Å². The quantitative estimate of drug-likeness (QED) is 0.128. The van der Waals surface area contributed by atoms with E-state index in [0.717, 1.165) is 44.7 Å². The van der Waals surface area contributed by atoms with E-state index in [1.165, 1.54) is 208 Å². The first-order valence-electron chi connectivity index (χ1n) is 39.7. The maximum absolute atomic E-state index is 2.50. The van der Waals surface area contributed by atoms with Gasteiger partial charge in [0.25, 0.3) is 0 Å². The van der Waals surface area contributed by atoms with Gasteiger partial charge in [-0.2, -0.15) is 0 Å². The van der Waals surface area contributed by atoms with Crippen LogP contribution in [0.15, 0.2) is 400 Å². The van der Waals surface area contributed by atoms with E-state index in [1.54, 1.807) is 0 Å². The van der Waals surface area contributed by atoms with Gasteiger partial charge in [-0.05, 0) is 283 Å². The van der Waals surface area contributed by atoms with Gasteiger partial charge >= 0.3 is 0 Å². The number of aromatic nitrogens is 2. The van der Waals surface area contributed by atoms with Gasteiger partial charge < -0.3 is 9.13 Å². The molecule has 21 aromatic carbocycles. The standard InChI is InChI=1S/C112H66N2/c1-3-22-67(23-4-1)69-46-50-82-73(58-69)27-19-39-81(82)74-25-17-26-75(59-74)83-54-56-101-107-92(83)40-20-42-98(107)110-96-38-12-9-33-87(96)102-64-70(49-53-97(102)112(101)110)68-24-18-30-80(63-68)114-104-45-16-14-35-89(104)91-52-48-72(66-106(91)114)77-60-76(71-47-51-90-88-34-13-15-44-103(88)113(105(90)65-71)79-28-5-2-6-29-79)61-78(62-77)84-55-57-100-108-93(84)41-21-43-99(108)109-94-36-10-7-31-85(94)86-32-8-11-37-95(86)111(100)109/h1-66H. The first kappa shape index (κ1) is 62.9. The zero-order valence-corrected chi connectivity index (χ0v) is 62.0. The summed E-state index contributed by atoms with van der Waals surface area (Å²) in [4.78, 5) is 0. The Morgan fingerprint density at radius 2 is 0.465 bits per heavy atom. The van der Waals surface area contributed by atoms with E-state index in [2.05, 4.69) is 410 Å². The molecule has 0 aliphatic heterocycles. The van der Waals surface area contributed by atoms with Gasteiger partial charge in [0, 0.05) is 32.9 Å². The van der Waals surface area contributed by atoms with Crippen LogP contribution in [0.4, 0.5) is 0 Å². The highest BCUT2D eigenvalue weighted by Crippen LogP contribution is 2.58. The Hall–Kier alpha value is -15.0. The second-order valence-electron chi connectivity index (χ2n) is 31.2. The molecule has 0 bridgehead atoms. The number of hydrogen-bond acceptors (Lipinski definition) is 0. The highest BCUT2D eigenvalue weighted by atomic mass is 15.0. The van der Waals surface area contributed by atoms with Gasteiger partial charge in [-0.15, -0.1) is 0 Å². The molecule has 2 aliphatic carbocycles. The lowest BCUT2D eigenvalue weighted by atomic mass is 9.88. The molecule has 0 N–H and O–H groups in total. The van der Waals surface area contributed by atoms with E-state index in [-0.39, 0.29) is 0 Å². The van der Waals surface area contributed by atoms with Gasteiger partial charge in [0.15, 0.2) is 0 Å². The number of rotatable bonds is 9. The van der Waals surface area contributed by atoms with Crippen molar-refractivity contribution in [3.05, 3.63) is 400 Å². The first-order chi connectivity index (χ1) is 56.5. The van der Waals surface area contributed by atoms with E-state index >= 15 is 0 Å². The Morgan fingerprint density at radius 1 is 0.132 bits per heavy atom. The van der Waals surface area contributed by atoms with Gasteiger partial charge in [0.1, 0.15) is 0 Å². The zero-order valence-electron chi connectivity index (χ0n) is 62.0. The normalized spacial score (nSPS) is 12.2.